The number of nitrogens with one attached hydrogen (secondary N) is 2. The predicted molar refractivity (Wildman–Crippen MR) is 106 cm³/mol. The molecule has 0 saturated heterocycles. The molecular weight excluding hydrogens is 419 g/mol. The Hall–Kier alpha value is -1.84. The van der Waals surface area contributed by atoms with E-state index in [0.717, 1.165) is 37.6 Å². The van der Waals surface area contributed by atoms with E-state index in [0.29, 0.717) is 12.4 Å². The quantitative estimate of drug-likeness (QED) is 0.282. The summed E-state index contributed by atoms with van der Waals surface area (Å²) in [6.45, 7) is 5.18. The van der Waals surface area contributed by atoms with Gasteiger partial charge >= 0.3 is 0 Å². The lowest BCUT2D eigenvalue weighted by Gasteiger charge is -2.11. The number of rotatable bonds is 8. The minimum Gasteiger partial charge on any atom is -0.481 e. The molecule has 7 nitrogen and oxygen atoms in total. The Morgan fingerprint density at radius 3 is 2.92 bits per heavy atom. The second kappa shape index (κ2) is 11.7. The zero-order valence-electron chi connectivity index (χ0n) is 14.1. The van der Waals surface area contributed by atoms with Crippen molar-refractivity contribution in [1.29, 1.82) is 0 Å². The van der Waals surface area contributed by atoms with Crippen LogP contribution in [0.15, 0.2) is 41.8 Å². The number of guanidine groups is 1. The molecule has 0 aliphatic carbocycles. The molecule has 0 atom stereocenters. The van der Waals surface area contributed by atoms with Gasteiger partial charge in [0.25, 0.3) is 0 Å². The minimum atomic E-state index is 0. The molecule has 2 aromatic heterocycles. The summed E-state index contributed by atoms with van der Waals surface area (Å²) in [5.41, 5.74) is 1.06. The molecule has 2 N–H and O–H groups in total. The first-order valence-electron chi connectivity index (χ1n) is 7.80. The number of aromatic nitrogens is 3. The van der Waals surface area contributed by atoms with Gasteiger partial charge in [0.05, 0.1) is 13.7 Å². The third-order valence-corrected chi connectivity index (χ3v) is 3.19. The number of aryl methyl sites for hydroxylation is 1. The summed E-state index contributed by atoms with van der Waals surface area (Å²) in [4.78, 5) is 8.68. The lowest BCUT2D eigenvalue weighted by molar-refractivity contribution is 0.397. The van der Waals surface area contributed by atoms with Crippen molar-refractivity contribution in [3.8, 4) is 5.88 Å². The Labute approximate surface area is 159 Å². The lowest BCUT2D eigenvalue weighted by Crippen LogP contribution is -2.38. The normalized spacial score (nSPS) is 10.8. The molecule has 0 spiro atoms. The van der Waals surface area contributed by atoms with Crippen molar-refractivity contribution in [3.05, 3.63) is 42.4 Å². The van der Waals surface area contributed by atoms with Gasteiger partial charge in [-0.3, -0.25) is 4.68 Å². The summed E-state index contributed by atoms with van der Waals surface area (Å²) in [6.07, 6.45) is 6.47. The molecule has 0 aromatic carbocycles. The SMILES string of the molecule is CCNC(=NCc1ccnc(OC)c1)NCCCn1cccn1.I. The number of pyridine rings is 1. The molecule has 2 rings (SSSR count). The van der Waals surface area contributed by atoms with E-state index in [9.17, 15) is 0 Å². The zero-order valence-corrected chi connectivity index (χ0v) is 16.4. The number of methoxy groups -OCH3 is 1. The van der Waals surface area contributed by atoms with Crippen LogP contribution in [0.3, 0.4) is 0 Å². The number of nitrogens with zero attached hydrogens (tertiary/aromatic N) is 4. The second-order valence-corrected chi connectivity index (χ2v) is 4.95. The van der Waals surface area contributed by atoms with Gasteiger partial charge in [0.1, 0.15) is 0 Å². The van der Waals surface area contributed by atoms with Crippen molar-refractivity contribution >= 4 is 29.9 Å². The fourth-order valence-corrected chi connectivity index (χ4v) is 2.05. The Bertz CT molecular complexity index is 602. The van der Waals surface area contributed by atoms with E-state index < -0.39 is 0 Å². The zero-order chi connectivity index (χ0) is 16.3. The van der Waals surface area contributed by atoms with E-state index in [1.807, 2.05) is 29.1 Å². The van der Waals surface area contributed by atoms with Crippen molar-refractivity contribution in [2.45, 2.75) is 26.4 Å². The molecule has 0 amide bonds. The third-order valence-electron chi connectivity index (χ3n) is 3.19. The summed E-state index contributed by atoms with van der Waals surface area (Å²) in [5, 5.41) is 10.8. The van der Waals surface area contributed by atoms with Crippen molar-refractivity contribution < 1.29 is 4.74 Å². The van der Waals surface area contributed by atoms with Crippen molar-refractivity contribution in [3.63, 3.8) is 0 Å². The molecule has 0 unspecified atom stereocenters. The molecule has 2 heterocycles. The molecule has 0 bridgehead atoms. The van der Waals surface area contributed by atoms with Crippen LogP contribution in [-0.4, -0.2) is 40.9 Å². The van der Waals surface area contributed by atoms with Crippen LogP contribution in [0.2, 0.25) is 0 Å². The van der Waals surface area contributed by atoms with E-state index in [2.05, 4.69) is 32.6 Å². The average Bonchev–Trinajstić information content (AvgIpc) is 3.10. The van der Waals surface area contributed by atoms with Gasteiger partial charge in [0.15, 0.2) is 5.96 Å². The van der Waals surface area contributed by atoms with Crippen LogP contribution in [0.1, 0.15) is 18.9 Å². The average molecular weight is 444 g/mol. The third kappa shape index (κ3) is 7.16. The van der Waals surface area contributed by atoms with Crippen LogP contribution >= 0.6 is 24.0 Å². The highest BCUT2D eigenvalue weighted by molar-refractivity contribution is 14.0. The Kier molecular flexibility index (Phi) is 9.81. The molecule has 132 valence electrons. The van der Waals surface area contributed by atoms with Gasteiger partial charge in [-0.1, -0.05) is 0 Å². The van der Waals surface area contributed by atoms with Crippen LogP contribution in [0, 0.1) is 0 Å². The van der Waals surface area contributed by atoms with E-state index in [1.165, 1.54) is 0 Å². The number of hydrogen-bond donors (Lipinski definition) is 2. The van der Waals surface area contributed by atoms with Gasteiger partial charge in [-0.2, -0.15) is 5.10 Å². The maximum atomic E-state index is 5.12. The van der Waals surface area contributed by atoms with E-state index in [1.54, 1.807) is 19.5 Å². The number of ether oxygens (including phenoxy) is 1. The van der Waals surface area contributed by atoms with E-state index in [-0.39, 0.29) is 24.0 Å². The van der Waals surface area contributed by atoms with E-state index in [4.69, 9.17) is 4.74 Å². The van der Waals surface area contributed by atoms with Crippen molar-refractivity contribution in [2.24, 2.45) is 4.99 Å². The highest BCUT2D eigenvalue weighted by Crippen LogP contribution is 2.09. The second-order valence-electron chi connectivity index (χ2n) is 4.95. The molecule has 0 fully saturated rings. The van der Waals surface area contributed by atoms with Crippen LogP contribution in [0.25, 0.3) is 0 Å². The first-order chi connectivity index (χ1) is 11.3. The molecule has 0 aliphatic heterocycles. The maximum absolute atomic E-state index is 5.12. The Balaban J connectivity index is 0.00000288. The minimum absolute atomic E-state index is 0. The number of aliphatic imine (C=N–C) groups is 1. The van der Waals surface area contributed by atoms with Gasteiger partial charge in [-0.05, 0) is 31.0 Å². The fraction of sp³-hybridized carbons (Fsp3) is 0.438. The number of halogens is 1. The first kappa shape index (κ1) is 20.2. The molecule has 2 aromatic rings. The first-order valence-corrected chi connectivity index (χ1v) is 7.80. The molecular formula is C16H25IN6O. The van der Waals surface area contributed by atoms with Crippen LogP contribution < -0.4 is 15.4 Å². The summed E-state index contributed by atoms with van der Waals surface area (Å²) in [5.74, 6) is 1.42. The van der Waals surface area contributed by atoms with Gasteiger partial charge in [0, 0.05) is 44.3 Å². The van der Waals surface area contributed by atoms with Crippen LogP contribution in [-0.2, 0) is 13.1 Å². The maximum Gasteiger partial charge on any atom is 0.213 e. The van der Waals surface area contributed by atoms with Gasteiger partial charge in [0.2, 0.25) is 5.88 Å². The highest BCUT2D eigenvalue weighted by atomic mass is 127. The molecule has 0 aliphatic rings. The van der Waals surface area contributed by atoms with Crippen LogP contribution in [0.4, 0.5) is 0 Å². The number of hydrogen-bond acceptors (Lipinski definition) is 4. The highest BCUT2D eigenvalue weighted by Gasteiger charge is 2.00. The predicted octanol–water partition coefficient (Wildman–Crippen LogP) is 2.05. The summed E-state index contributed by atoms with van der Waals surface area (Å²) < 4.78 is 7.05. The molecule has 0 saturated carbocycles. The monoisotopic (exact) mass is 444 g/mol. The van der Waals surface area contributed by atoms with Crippen LogP contribution in [0.5, 0.6) is 5.88 Å². The summed E-state index contributed by atoms with van der Waals surface area (Å²) in [7, 11) is 1.61. The standard InChI is InChI=1S/C16H24N6O.HI/c1-3-17-16(19-7-4-10-22-11-5-8-21-22)20-13-14-6-9-18-15(12-14)23-2;/h5-6,8-9,11-12H,3-4,7,10,13H2,1-2H3,(H2,17,19,20);1H. The lowest BCUT2D eigenvalue weighted by atomic mass is 10.3. The van der Waals surface area contributed by atoms with Gasteiger partial charge in [-0.25, -0.2) is 9.98 Å². The van der Waals surface area contributed by atoms with Gasteiger partial charge < -0.3 is 15.4 Å². The Morgan fingerprint density at radius 1 is 1.33 bits per heavy atom. The Morgan fingerprint density at radius 2 is 2.21 bits per heavy atom. The fourth-order valence-electron chi connectivity index (χ4n) is 2.05. The van der Waals surface area contributed by atoms with Crippen molar-refractivity contribution in [1.82, 2.24) is 25.4 Å². The van der Waals surface area contributed by atoms with E-state index >= 15 is 0 Å². The smallest absolute Gasteiger partial charge is 0.213 e. The molecule has 24 heavy (non-hydrogen) atoms. The summed E-state index contributed by atoms with van der Waals surface area (Å²) in [6, 6.07) is 5.76. The molecule has 8 heteroatoms. The molecule has 0 radical (unpaired) electrons. The summed E-state index contributed by atoms with van der Waals surface area (Å²) >= 11 is 0. The van der Waals surface area contributed by atoms with Crippen molar-refractivity contribution in [2.75, 3.05) is 20.2 Å². The topological polar surface area (TPSA) is 76.4 Å². The van der Waals surface area contributed by atoms with Gasteiger partial charge in [-0.15, -0.1) is 24.0 Å². The largest absolute Gasteiger partial charge is 0.481 e.